The Bertz CT molecular complexity index is 515. The molecule has 1 heterocycles. The van der Waals surface area contributed by atoms with E-state index in [1.165, 1.54) is 12.1 Å². The number of nitrogens with zero attached hydrogens (tertiary/aromatic N) is 2. The molecule has 0 saturated carbocycles. The Morgan fingerprint density at radius 3 is 2.88 bits per heavy atom. The van der Waals surface area contributed by atoms with Gasteiger partial charge in [-0.1, -0.05) is 0 Å². The Kier molecular flexibility index (Phi) is 4.06. The molecule has 0 atom stereocenters. The van der Waals surface area contributed by atoms with Crippen molar-refractivity contribution in [1.82, 2.24) is 10.2 Å². The zero-order valence-corrected chi connectivity index (χ0v) is 11.1. The van der Waals surface area contributed by atoms with Gasteiger partial charge in [0.2, 0.25) is 11.8 Å². The fourth-order valence-corrected chi connectivity index (χ4v) is 2.09. The van der Waals surface area contributed by atoms with Crippen LogP contribution in [0.5, 0.6) is 0 Å². The topological polar surface area (TPSA) is 64.9 Å². The molecule has 0 aliphatic carbocycles. The van der Waals surface area contributed by atoms with Crippen LogP contribution in [-0.2, 0) is 6.42 Å². The molecule has 90 valence electrons. The summed E-state index contributed by atoms with van der Waals surface area (Å²) >= 11 is 2.04. The van der Waals surface area contributed by atoms with Crippen molar-refractivity contribution in [3.05, 3.63) is 33.5 Å². The second-order valence-electron chi connectivity index (χ2n) is 3.52. The minimum absolute atomic E-state index is 0.277. The van der Waals surface area contributed by atoms with Gasteiger partial charge < -0.3 is 10.2 Å². The van der Waals surface area contributed by atoms with Crippen molar-refractivity contribution in [1.29, 1.82) is 0 Å². The van der Waals surface area contributed by atoms with Gasteiger partial charge in [0.25, 0.3) is 0 Å². The van der Waals surface area contributed by atoms with Gasteiger partial charge in [0.05, 0.1) is 5.56 Å². The summed E-state index contributed by atoms with van der Waals surface area (Å²) in [5.74, 6) is 0.702. The van der Waals surface area contributed by atoms with E-state index >= 15 is 0 Å². The Labute approximate surface area is 112 Å². The first-order valence-corrected chi connectivity index (χ1v) is 6.26. The normalized spacial score (nSPS) is 10.8. The molecule has 0 radical (unpaired) electrons. The highest BCUT2D eigenvalue weighted by Crippen LogP contribution is 2.24. The molecule has 1 aromatic carbocycles. The maximum atomic E-state index is 12.9. The van der Waals surface area contributed by atoms with Gasteiger partial charge in [-0.25, -0.2) is 4.39 Å². The summed E-state index contributed by atoms with van der Waals surface area (Å²) in [7, 11) is 0. The fourth-order valence-electron chi connectivity index (χ4n) is 1.38. The molecule has 6 heteroatoms. The van der Waals surface area contributed by atoms with Crippen LogP contribution in [0.1, 0.15) is 12.3 Å². The lowest BCUT2D eigenvalue weighted by Gasteiger charge is -1.98. The smallest absolute Gasteiger partial charge is 0.248 e. The van der Waals surface area contributed by atoms with Crippen molar-refractivity contribution in [2.75, 3.05) is 6.54 Å². The van der Waals surface area contributed by atoms with Gasteiger partial charge in [0.1, 0.15) is 5.82 Å². The summed E-state index contributed by atoms with van der Waals surface area (Å²) in [5.41, 5.74) is 6.15. The van der Waals surface area contributed by atoms with Gasteiger partial charge in [0.15, 0.2) is 0 Å². The molecule has 1 aromatic heterocycles. The van der Waals surface area contributed by atoms with E-state index in [1.54, 1.807) is 6.07 Å². The second kappa shape index (κ2) is 5.54. The molecule has 0 aliphatic rings. The largest absolute Gasteiger partial charge is 0.421 e. The molecule has 17 heavy (non-hydrogen) atoms. The van der Waals surface area contributed by atoms with E-state index in [0.717, 1.165) is 15.6 Å². The molecular formula is C11H11FIN3O. The molecule has 2 N–H and O–H groups in total. The number of hydrogen-bond acceptors (Lipinski definition) is 4. The molecule has 2 aromatic rings. The number of benzene rings is 1. The fraction of sp³-hybridized carbons (Fsp3) is 0.273. The van der Waals surface area contributed by atoms with Crippen molar-refractivity contribution in [2.45, 2.75) is 12.8 Å². The van der Waals surface area contributed by atoms with E-state index in [-0.39, 0.29) is 5.82 Å². The van der Waals surface area contributed by atoms with Crippen LogP contribution in [0.25, 0.3) is 11.5 Å². The molecule has 0 saturated heterocycles. The summed E-state index contributed by atoms with van der Waals surface area (Å²) in [6.07, 6.45) is 1.48. The summed E-state index contributed by atoms with van der Waals surface area (Å²) in [5, 5.41) is 7.87. The summed E-state index contributed by atoms with van der Waals surface area (Å²) in [4.78, 5) is 0. The molecule has 0 fully saturated rings. The van der Waals surface area contributed by atoms with Gasteiger partial charge in [-0.2, -0.15) is 0 Å². The Morgan fingerprint density at radius 1 is 1.35 bits per heavy atom. The van der Waals surface area contributed by atoms with Gasteiger partial charge in [0, 0.05) is 9.99 Å². The minimum atomic E-state index is -0.277. The molecular weight excluding hydrogens is 336 g/mol. The van der Waals surface area contributed by atoms with E-state index in [9.17, 15) is 4.39 Å². The average Bonchev–Trinajstić information content (AvgIpc) is 2.75. The quantitative estimate of drug-likeness (QED) is 0.863. The molecule has 0 unspecified atom stereocenters. The maximum Gasteiger partial charge on any atom is 0.248 e. The summed E-state index contributed by atoms with van der Waals surface area (Å²) in [6.45, 7) is 0.589. The van der Waals surface area contributed by atoms with E-state index in [2.05, 4.69) is 10.2 Å². The highest BCUT2D eigenvalue weighted by Gasteiger charge is 2.11. The van der Waals surface area contributed by atoms with Crippen LogP contribution in [0.3, 0.4) is 0 Å². The third kappa shape index (κ3) is 3.01. The molecule has 0 spiro atoms. The average molecular weight is 347 g/mol. The zero-order valence-electron chi connectivity index (χ0n) is 8.99. The highest BCUT2D eigenvalue weighted by molar-refractivity contribution is 14.1. The number of nitrogens with two attached hydrogens (primary N) is 1. The number of halogens is 2. The van der Waals surface area contributed by atoms with Crippen molar-refractivity contribution >= 4 is 22.6 Å². The predicted molar refractivity (Wildman–Crippen MR) is 69.8 cm³/mol. The van der Waals surface area contributed by atoms with Crippen LogP contribution in [0, 0.1) is 9.39 Å². The Hall–Kier alpha value is -1.02. The van der Waals surface area contributed by atoms with Crippen molar-refractivity contribution < 1.29 is 8.81 Å². The van der Waals surface area contributed by atoms with Crippen LogP contribution < -0.4 is 5.73 Å². The van der Waals surface area contributed by atoms with Crippen molar-refractivity contribution in [2.24, 2.45) is 5.73 Å². The van der Waals surface area contributed by atoms with Crippen LogP contribution in [0.2, 0.25) is 0 Å². The number of hydrogen-bond donors (Lipinski definition) is 1. The standard InChI is InChI=1S/C11H11FIN3O/c12-7-3-4-8(9(13)6-7)11-16-15-10(17-11)2-1-5-14/h3-4,6H,1-2,5,14H2. The van der Waals surface area contributed by atoms with Crippen LogP contribution in [0.15, 0.2) is 22.6 Å². The van der Waals surface area contributed by atoms with E-state index in [0.29, 0.717) is 24.7 Å². The lowest BCUT2D eigenvalue weighted by molar-refractivity contribution is 0.498. The maximum absolute atomic E-state index is 12.9. The van der Waals surface area contributed by atoms with Gasteiger partial charge in [-0.3, -0.25) is 0 Å². The van der Waals surface area contributed by atoms with E-state index in [4.69, 9.17) is 10.2 Å². The molecule has 0 aliphatic heterocycles. The number of aryl methyl sites for hydroxylation is 1. The summed E-state index contributed by atoms with van der Waals surface area (Å²) < 4.78 is 19.2. The van der Waals surface area contributed by atoms with Crippen LogP contribution in [-0.4, -0.2) is 16.7 Å². The lowest BCUT2D eigenvalue weighted by Crippen LogP contribution is -2.00. The molecule has 2 rings (SSSR count). The SMILES string of the molecule is NCCCc1nnc(-c2ccc(F)cc2I)o1. The predicted octanol–water partition coefficient (Wildman–Crippen LogP) is 2.37. The van der Waals surface area contributed by atoms with Crippen LogP contribution >= 0.6 is 22.6 Å². The summed E-state index contributed by atoms with van der Waals surface area (Å²) in [6, 6.07) is 4.44. The monoisotopic (exact) mass is 347 g/mol. The Morgan fingerprint density at radius 2 is 2.18 bits per heavy atom. The lowest BCUT2D eigenvalue weighted by atomic mass is 10.2. The van der Waals surface area contributed by atoms with Gasteiger partial charge >= 0.3 is 0 Å². The third-order valence-electron chi connectivity index (χ3n) is 2.22. The van der Waals surface area contributed by atoms with E-state index in [1.807, 2.05) is 22.6 Å². The molecule has 0 bridgehead atoms. The van der Waals surface area contributed by atoms with Gasteiger partial charge in [-0.05, 0) is 53.8 Å². The van der Waals surface area contributed by atoms with Crippen molar-refractivity contribution in [3.8, 4) is 11.5 Å². The highest BCUT2D eigenvalue weighted by atomic mass is 127. The van der Waals surface area contributed by atoms with Crippen molar-refractivity contribution in [3.63, 3.8) is 0 Å². The molecule has 0 amide bonds. The minimum Gasteiger partial charge on any atom is -0.421 e. The third-order valence-corrected chi connectivity index (χ3v) is 3.12. The Balaban J connectivity index is 2.24. The van der Waals surface area contributed by atoms with Gasteiger partial charge in [-0.15, -0.1) is 10.2 Å². The van der Waals surface area contributed by atoms with E-state index < -0.39 is 0 Å². The first kappa shape index (κ1) is 12.4. The first-order chi connectivity index (χ1) is 8.20. The second-order valence-corrected chi connectivity index (χ2v) is 4.68. The first-order valence-electron chi connectivity index (χ1n) is 5.18. The van der Waals surface area contributed by atoms with Crippen LogP contribution in [0.4, 0.5) is 4.39 Å². The number of aromatic nitrogens is 2. The number of rotatable bonds is 4. The zero-order chi connectivity index (χ0) is 12.3. The molecule has 4 nitrogen and oxygen atoms in total.